The third kappa shape index (κ3) is 3.86. The van der Waals surface area contributed by atoms with Crippen LogP contribution in [0.4, 0.5) is 0 Å². The lowest BCUT2D eigenvalue weighted by Gasteiger charge is -2.11. The van der Waals surface area contributed by atoms with Gasteiger partial charge in [0.1, 0.15) is 6.04 Å². The Balaban J connectivity index is 1.82. The van der Waals surface area contributed by atoms with Crippen molar-refractivity contribution in [2.45, 2.75) is 12.5 Å². The molecule has 0 aromatic carbocycles. The van der Waals surface area contributed by atoms with Gasteiger partial charge in [0.2, 0.25) is 5.91 Å². The molecule has 0 saturated heterocycles. The first-order valence-electron chi connectivity index (χ1n) is 6.11. The number of hydrogen-bond donors (Lipinski definition) is 2. The summed E-state index contributed by atoms with van der Waals surface area (Å²) in [7, 11) is 0. The summed E-state index contributed by atoms with van der Waals surface area (Å²) >= 11 is 0. The maximum absolute atomic E-state index is 11.8. The van der Waals surface area contributed by atoms with Crippen LogP contribution in [-0.2, 0) is 11.2 Å². The number of hydrogen-bond acceptors (Lipinski definition) is 4. The Hall–Kier alpha value is -2.27. The third-order valence-corrected chi connectivity index (χ3v) is 2.70. The second-order valence-electron chi connectivity index (χ2n) is 4.09. The first kappa shape index (κ1) is 13.2. The van der Waals surface area contributed by atoms with Crippen LogP contribution in [-0.4, -0.2) is 22.4 Å². The Bertz CT molecular complexity index is 515. The Labute approximate surface area is 111 Å². The largest absolute Gasteiger partial charge is 0.354 e. The second kappa shape index (κ2) is 6.61. The Morgan fingerprint density at radius 1 is 1.16 bits per heavy atom. The smallest absolute Gasteiger partial charge is 0.243 e. The van der Waals surface area contributed by atoms with E-state index in [1.54, 1.807) is 24.5 Å². The molecule has 0 bridgehead atoms. The average Bonchev–Trinajstić information content (AvgIpc) is 2.48. The molecule has 0 aliphatic rings. The van der Waals surface area contributed by atoms with Crippen molar-refractivity contribution < 1.29 is 4.79 Å². The summed E-state index contributed by atoms with van der Waals surface area (Å²) < 4.78 is 0. The van der Waals surface area contributed by atoms with Gasteiger partial charge in [-0.1, -0.05) is 12.1 Å². The predicted octanol–water partition coefficient (Wildman–Crippen LogP) is 0.835. The second-order valence-corrected chi connectivity index (χ2v) is 4.09. The van der Waals surface area contributed by atoms with Gasteiger partial charge < -0.3 is 11.1 Å². The van der Waals surface area contributed by atoms with E-state index in [4.69, 9.17) is 5.73 Å². The summed E-state index contributed by atoms with van der Waals surface area (Å²) in [5.41, 5.74) is 7.33. The Morgan fingerprint density at radius 3 is 2.53 bits per heavy atom. The van der Waals surface area contributed by atoms with Crippen LogP contribution in [0.5, 0.6) is 0 Å². The van der Waals surface area contributed by atoms with Gasteiger partial charge in [-0.05, 0) is 24.3 Å². The minimum Gasteiger partial charge on any atom is -0.354 e. The van der Waals surface area contributed by atoms with E-state index in [-0.39, 0.29) is 5.91 Å². The molecule has 0 aliphatic carbocycles. The number of rotatable bonds is 5. The van der Waals surface area contributed by atoms with Gasteiger partial charge in [-0.3, -0.25) is 14.8 Å². The maximum atomic E-state index is 11.8. The highest BCUT2D eigenvalue weighted by Gasteiger charge is 2.15. The van der Waals surface area contributed by atoms with Crippen molar-refractivity contribution in [3.05, 3.63) is 60.2 Å². The number of amides is 1. The zero-order chi connectivity index (χ0) is 13.5. The number of nitrogens with one attached hydrogen (secondary N) is 1. The van der Waals surface area contributed by atoms with E-state index < -0.39 is 6.04 Å². The SMILES string of the molecule is NC(C(=O)NCCc1ccccn1)c1ccccn1. The number of carbonyl (C=O) groups is 1. The summed E-state index contributed by atoms with van der Waals surface area (Å²) in [4.78, 5) is 20.1. The van der Waals surface area contributed by atoms with Crippen molar-refractivity contribution in [3.63, 3.8) is 0 Å². The molecule has 0 radical (unpaired) electrons. The standard InChI is InChI=1S/C14H16N4O/c15-13(12-6-2-4-9-17-12)14(19)18-10-7-11-5-1-3-8-16-11/h1-6,8-9,13H,7,10,15H2,(H,18,19). The number of pyridine rings is 2. The lowest BCUT2D eigenvalue weighted by atomic mass is 10.2. The molecule has 0 spiro atoms. The lowest BCUT2D eigenvalue weighted by Crippen LogP contribution is -2.35. The molecule has 0 saturated carbocycles. The fourth-order valence-corrected chi connectivity index (χ4v) is 1.66. The van der Waals surface area contributed by atoms with E-state index >= 15 is 0 Å². The Kier molecular flexibility index (Phi) is 4.58. The number of aromatic nitrogens is 2. The van der Waals surface area contributed by atoms with E-state index in [0.29, 0.717) is 18.7 Å². The van der Waals surface area contributed by atoms with Gasteiger partial charge in [0.05, 0.1) is 5.69 Å². The highest BCUT2D eigenvalue weighted by Crippen LogP contribution is 2.05. The molecule has 2 heterocycles. The molecular formula is C14H16N4O. The number of nitrogens with two attached hydrogens (primary N) is 1. The van der Waals surface area contributed by atoms with Crippen molar-refractivity contribution >= 4 is 5.91 Å². The van der Waals surface area contributed by atoms with Gasteiger partial charge in [-0.2, -0.15) is 0 Å². The number of carbonyl (C=O) groups excluding carboxylic acids is 1. The minimum atomic E-state index is -0.732. The monoisotopic (exact) mass is 256 g/mol. The fraction of sp³-hybridized carbons (Fsp3) is 0.214. The lowest BCUT2D eigenvalue weighted by molar-refractivity contribution is -0.122. The Morgan fingerprint density at radius 2 is 1.89 bits per heavy atom. The highest BCUT2D eigenvalue weighted by atomic mass is 16.2. The quantitative estimate of drug-likeness (QED) is 0.830. The third-order valence-electron chi connectivity index (χ3n) is 2.70. The van der Waals surface area contributed by atoms with Gasteiger partial charge in [0, 0.05) is 31.1 Å². The van der Waals surface area contributed by atoms with Crippen molar-refractivity contribution in [3.8, 4) is 0 Å². The van der Waals surface area contributed by atoms with Crippen molar-refractivity contribution in [2.75, 3.05) is 6.54 Å². The van der Waals surface area contributed by atoms with Crippen LogP contribution < -0.4 is 11.1 Å². The van der Waals surface area contributed by atoms with Crippen LogP contribution in [0.1, 0.15) is 17.4 Å². The molecule has 0 aliphatic heterocycles. The van der Waals surface area contributed by atoms with Crippen LogP contribution in [0.25, 0.3) is 0 Å². The topological polar surface area (TPSA) is 80.9 Å². The summed E-state index contributed by atoms with van der Waals surface area (Å²) in [6.07, 6.45) is 4.04. The van der Waals surface area contributed by atoms with Crippen LogP contribution >= 0.6 is 0 Å². The minimum absolute atomic E-state index is 0.227. The molecule has 1 atom stereocenters. The molecule has 2 rings (SSSR count). The molecule has 2 aromatic heterocycles. The van der Waals surface area contributed by atoms with E-state index in [0.717, 1.165) is 5.69 Å². The van der Waals surface area contributed by atoms with Crippen LogP contribution in [0.15, 0.2) is 48.8 Å². The van der Waals surface area contributed by atoms with Crippen molar-refractivity contribution in [2.24, 2.45) is 5.73 Å². The molecule has 3 N–H and O–H groups in total. The van der Waals surface area contributed by atoms with Crippen LogP contribution in [0, 0.1) is 0 Å². The van der Waals surface area contributed by atoms with E-state index in [2.05, 4.69) is 15.3 Å². The molecule has 1 amide bonds. The molecule has 19 heavy (non-hydrogen) atoms. The van der Waals surface area contributed by atoms with Crippen LogP contribution in [0.3, 0.4) is 0 Å². The zero-order valence-corrected chi connectivity index (χ0v) is 10.5. The fourth-order valence-electron chi connectivity index (χ4n) is 1.66. The van der Waals surface area contributed by atoms with Crippen LogP contribution in [0.2, 0.25) is 0 Å². The zero-order valence-electron chi connectivity index (χ0n) is 10.5. The van der Waals surface area contributed by atoms with Gasteiger partial charge in [-0.25, -0.2) is 0 Å². The molecule has 1 unspecified atom stereocenters. The van der Waals surface area contributed by atoms with E-state index in [1.807, 2.05) is 24.3 Å². The highest BCUT2D eigenvalue weighted by molar-refractivity contribution is 5.82. The molecule has 98 valence electrons. The first-order valence-corrected chi connectivity index (χ1v) is 6.11. The summed E-state index contributed by atoms with van der Waals surface area (Å²) in [5.74, 6) is -0.227. The molecule has 5 nitrogen and oxygen atoms in total. The summed E-state index contributed by atoms with van der Waals surface area (Å²) in [5, 5.41) is 2.79. The molecule has 2 aromatic rings. The maximum Gasteiger partial charge on any atom is 0.243 e. The van der Waals surface area contributed by atoms with Gasteiger partial charge in [0.15, 0.2) is 0 Å². The normalized spacial score (nSPS) is 11.8. The van der Waals surface area contributed by atoms with Gasteiger partial charge in [-0.15, -0.1) is 0 Å². The van der Waals surface area contributed by atoms with E-state index in [9.17, 15) is 4.79 Å². The predicted molar refractivity (Wildman–Crippen MR) is 72.1 cm³/mol. The molecular weight excluding hydrogens is 240 g/mol. The van der Waals surface area contributed by atoms with Crippen molar-refractivity contribution in [1.82, 2.24) is 15.3 Å². The molecule has 0 fully saturated rings. The summed E-state index contributed by atoms with van der Waals surface area (Å²) in [6.45, 7) is 0.510. The van der Waals surface area contributed by atoms with E-state index in [1.165, 1.54) is 0 Å². The average molecular weight is 256 g/mol. The molecule has 5 heteroatoms. The van der Waals surface area contributed by atoms with Crippen molar-refractivity contribution in [1.29, 1.82) is 0 Å². The van der Waals surface area contributed by atoms with Gasteiger partial charge in [0.25, 0.3) is 0 Å². The first-order chi connectivity index (χ1) is 9.27. The summed E-state index contributed by atoms with van der Waals surface area (Å²) in [6, 6.07) is 10.3. The van der Waals surface area contributed by atoms with Gasteiger partial charge >= 0.3 is 0 Å². The number of nitrogens with zero attached hydrogens (tertiary/aromatic N) is 2.